The molecule has 0 saturated carbocycles. The fourth-order valence-corrected chi connectivity index (χ4v) is 2.67. The van der Waals surface area contributed by atoms with E-state index in [9.17, 15) is 4.79 Å². The highest BCUT2D eigenvalue weighted by Gasteiger charge is 2.09. The zero-order valence-corrected chi connectivity index (χ0v) is 15.1. The van der Waals surface area contributed by atoms with E-state index in [-0.39, 0.29) is 5.91 Å². The quantitative estimate of drug-likeness (QED) is 0.439. The molecule has 4 nitrogen and oxygen atoms in total. The monoisotopic (exact) mass is 383 g/mol. The van der Waals surface area contributed by atoms with Gasteiger partial charge in [0.15, 0.2) is 0 Å². The third kappa shape index (κ3) is 4.63. The first kappa shape index (κ1) is 18.0. The van der Waals surface area contributed by atoms with Crippen LogP contribution in [0.25, 0.3) is 0 Å². The van der Waals surface area contributed by atoms with Crippen molar-refractivity contribution in [2.75, 3.05) is 10.7 Å². The maximum absolute atomic E-state index is 12.3. The molecule has 1 amide bonds. The first-order valence-corrected chi connectivity index (χ1v) is 8.58. The van der Waals surface area contributed by atoms with Gasteiger partial charge in [0.1, 0.15) is 0 Å². The highest BCUT2D eigenvalue weighted by molar-refractivity contribution is 6.34. The largest absolute Gasteiger partial charge is 0.322 e. The summed E-state index contributed by atoms with van der Waals surface area (Å²) in [7, 11) is 0. The molecule has 0 aliphatic heterocycles. The van der Waals surface area contributed by atoms with Gasteiger partial charge in [-0.15, -0.1) is 0 Å². The van der Waals surface area contributed by atoms with E-state index < -0.39 is 0 Å². The third-order valence-corrected chi connectivity index (χ3v) is 4.19. The van der Waals surface area contributed by atoms with Gasteiger partial charge < -0.3 is 5.32 Å². The number of nitrogens with zero attached hydrogens (tertiary/aromatic N) is 1. The van der Waals surface area contributed by atoms with E-state index in [4.69, 9.17) is 23.2 Å². The summed E-state index contributed by atoms with van der Waals surface area (Å²) in [5, 5.41) is 8.00. The van der Waals surface area contributed by atoms with Gasteiger partial charge >= 0.3 is 0 Å². The van der Waals surface area contributed by atoms with Crippen molar-refractivity contribution < 1.29 is 4.79 Å². The van der Waals surface area contributed by atoms with E-state index in [1.54, 1.807) is 42.6 Å². The molecule has 0 aliphatic rings. The molecule has 0 atom stereocenters. The molecule has 0 aromatic heterocycles. The number of benzene rings is 3. The number of halogens is 2. The number of carbonyl (C=O) groups excluding carboxylic acids is 1. The summed E-state index contributed by atoms with van der Waals surface area (Å²) >= 11 is 12.1. The Morgan fingerprint density at radius 1 is 0.885 bits per heavy atom. The molecular weight excluding hydrogens is 369 g/mol. The predicted octanol–water partition coefficient (Wildman–Crippen LogP) is 5.69. The van der Waals surface area contributed by atoms with Crippen LogP contribution in [-0.2, 0) is 0 Å². The zero-order chi connectivity index (χ0) is 18.4. The molecule has 0 heterocycles. The van der Waals surface area contributed by atoms with Gasteiger partial charge in [0, 0.05) is 5.69 Å². The van der Waals surface area contributed by atoms with Crippen LogP contribution in [0.5, 0.6) is 0 Å². The fourth-order valence-electron chi connectivity index (χ4n) is 2.27. The van der Waals surface area contributed by atoms with E-state index in [0.29, 0.717) is 27.0 Å². The Kier molecular flexibility index (Phi) is 5.89. The Labute approximate surface area is 161 Å². The topological polar surface area (TPSA) is 53.5 Å². The average Bonchev–Trinajstić information content (AvgIpc) is 2.64. The summed E-state index contributed by atoms with van der Waals surface area (Å²) < 4.78 is 0. The number of carbonyl (C=O) groups is 1. The van der Waals surface area contributed by atoms with Gasteiger partial charge in [0.25, 0.3) is 5.91 Å². The summed E-state index contributed by atoms with van der Waals surface area (Å²) in [6.45, 7) is 0. The summed E-state index contributed by atoms with van der Waals surface area (Å²) in [5.41, 5.74) is 5.50. The van der Waals surface area contributed by atoms with Crippen molar-refractivity contribution in [2.45, 2.75) is 0 Å². The van der Waals surface area contributed by atoms with Crippen molar-refractivity contribution in [1.82, 2.24) is 0 Å². The molecule has 3 aromatic rings. The van der Waals surface area contributed by atoms with Gasteiger partial charge in [-0.25, -0.2) is 0 Å². The third-order valence-electron chi connectivity index (χ3n) is 3.54. The molecule has 0 radical (unpaired) electrons. The van der Waals surface area contributed by atoms with E-state index in [0.717, 1.165) is 5.56 Å². The Balaban J connectivity index is 1.68. The Hall–Kier alpha value is -2.82. The fraction of sp³-hybridized carbons (Fsp3) is 0. The van der Waals surface area contributed by atoms with Crippen LogP contribution in [0.4, 0.5) is 11.4 Å². The Morgan fingerprint density at radius 3 is 2.38 bits per heavy atom. The van der Waals surface area contributed by atoms with Crippen LogP contribution in [-0.4, -0.2) is 12.1 Å². The molecular formula is C20H15Cl2N3O. The molecule has 0 unspecified atom stereocenters. The number of anilines is 2. The lowest BCUT2D eigenvalue weighted by atomic mass is 10.2. The van der Waals surface area contributed by atoms with Gasteiger partial charge in [-0.3, -0.25) is 10.2 Å². The number of para-hydroxylation sites is 1. The summed E-state index contributed by atoms with van der Waals surface area (Å²) in [6, 6.07) is 21.6. The second kappa shape index (κ2) is 8.52. The van der Waals surface area contributed by atoms with Crippen LogP contribution in [0, 0.1) is 0 Å². The molecule has 0 aliphatic carbocycles. The van der Waals surface area contributed by atoms with Crippen molar-refractivity contribution in [2.24, 2.45) is 5.10 Å². The predicted molar refractivity (Wildman–Crippen MR) is 109 cm³/mol. The van der Waals surface area contributed by atoms with Gasteiger partial charge in [-0.2, -0.15) is 5.10 Å². The Morgan fingerprint density at radius 2 is 1.62 bits per heavy atom. The van der Waals surface area contributed by atoms with Crippen LogP contribution in [0.15, 0.2) is 77.9 Å². The second-order valence-corrected chi connectivity index (χ2v) is 6.22. The van der Waals surface area contributed by atoms with Gasteiger partial charge in [0.05, 0.1) is 27.5 Å². The standard InChI is InChI=1S/C20H15Cl2N3O/c21-17-9-2-1-8-16(17)20(26)24-15-7-5-6-14(12-15)13-23-25-19-11-4-3-10-18(19)22/h1-13,25H,(H,24,26)/b23-13-. The molecule has 26 heavy (non-hydrogen) atoms. The smallest absolute Gasteiger partial charge is 0.257 e. The average molecular weight is 384 g/mol. The van der Waals surface area contributed by atoms with Crippen LogP contribution in [0.1, 0.15) is 15.9 Å². The van der Waals surface area contributed by atoms with Crippen LogP contribution in [0.3, 0.4) is 0 Å². The normalized spacial score (nSPS) is 10.7. The molecule has 3 aromatic carbocycles. The van der Waals surface area contributed by atoms with E-state index >= 15 is 0 Å². The molecule has 3 rings (SSSR count). The summed E-state index contributed by atoms with van der Waals surface area (Å²) in [4.78, 5) is 12.3. The molecule has 0 fully saturated rings. The second-order valence-electron chi connectivity index (χ2n) is 5.41. The van der Waals surface area contributed by atoms with E-state index in [1.807, 2.05) is 36.4 Å². The lowest BCUT2D eigenvalue weighted by molar-refractivity contribution is 0.102. The van der Waals surface area contributed by atoms with Crippen LogP contribution >= 0.6 is 23.2 Å². The van der Waals surface area contributed by atoms with Crippen LogP contribution in [0.2, 0.25) is 10.0 Å². The SMILES string of the molecule is O=C(Nc1cccc(/C=N\Nc2ccccc2Cl)c1)c1ccccc1Cl. The van der Waals surface area contributed by atoms with Crippen molar-refractivity contribution >= 4 is 46.7 Å². The van der Waals surface area contributed by atoms with E-state index in [1.165, 1.54) is 0 Å². The minimum absolute atomic E-state index is 0.265. The lowest BCUT2D eigenvalue weighted by Gasteiger charge is -2.07. The zero-order valence-electron chi connectivity index (χ0n) is 13.6. The van der Waals surface area contributed by atoms with Crippen molar-refractivity contribution in [3.63, 3.8) is 0 Å². The molecule has 130 valence electrons. The van der Waals surface area contributed by atoms with Gasteiger partial charge in [-0.05, 0) is 42.0 Å². The highest BCUT2D eigenvalue weighted by Crippen LogP contribution is 2.20. The number of rotatable bonds is 5. The highest BCUT2D eigenvalue weighted by atomic mass is 35.5. The Bertz CT molecular complexity index is 957. The number of nitrogens with one attached hydrogen (secondary N) is 2. The minimum Gasteiger partial charge on any atom is -0.322 e. The number of hydrazone groups is 1. The summed E-state index contributed by atoms with van der Waals surface area (Å²) in [6.07, 6.45) is 1.65. The molecule has 0 bridgehead atoms. The number of hydrogen-bond donors (Lipinski definition) is 2. The minimum atomic E-state index is -0.265. The summed E-state index contributed by atoms with van der Waals surface area (Å²) in [5.74, 6) is -0.265. The van der Waals surface area contributed by atoms with Crippen molar-refractivity contribution in [1.29, 1.82) is 0 Å². The van der Waals surface area contributed by atoms with Crippen LogP contribution < -0.4 is 10.7 Å². The van der Waals surface area contributed by atoms with Crippen molar-refractivity contribution in [3.8, 4) is 0 Å². The van der Waals surface area contributed by atoms with Crippen molar-refractivity contribution in [3.05, 3.63) is 94.0 Å². The van der Waals surface area contributed by atoms with Gasteiger partial charge in [-0.1, -0.05) is 59.6 Å². The lowest BCUT2D eigenvalue weighted by Crippen LogP contribution is -2.12. The molecule has 2 N–H and O–H groups in total. The van der Waals surface area contributed by atoms with E-state index in [2.05, 4.69) is 15.8 Å². The number of hydrogen-bond acceptors (Lipinski definition) is 3. The number of amides is 1. The first-order chi connectivity index (χ1) is 12.6. The first-order valence-electron chi connectivity index (χ1n) is 7.83. The molecule has 0 saturated heterocycles. The maximum atomic E-state index is 12.3. The molecule has 0 spiro atoms. The van der Waals surface area contributed by atoms with Gasteiger partial charge in [0.2, 0.25) is 0 Å². The molecule has 6 heteroatoms. The maximum Gasteiger partial charge on any atom is 0.257 e.